The maximum absolute atomic E-state index is 3.98. The first-order chi connectivity index (χ1) is 3.39. The van der Waals surface area contributed by atoms with Crippen molar-refractivity contribution in [2.24, 2.45) is 0 Å². The first kappa shape index (κ1) is 7.67. The van der Waals surface area contributed by atoms with E-state index in [1.165, 1.54) is 0 Å². The predicted molar refractivity (Wildman–Crippen MR) is 29.0 cm³/mol. The quantitative estimate of drug-likeness (QED) is 0.508. The Morgan fingerprint density at radius 1 is 1.38 bits per heavy atom. The van der Waals surface area contributed by atoms with Gasteiger partial charge in [-0.2, -0.15) is 0 Å². The second-order valence-electron chi connectivity index (χ2n) is 1.47. The standard InChI is InChI=1S/C6H7N.Fe/c1-6-4-2-3-5-7-6;/h2-5H,1H3;. The molecule has 0 bridgehead atoms. The van der Waals surface area contributed by atoms with Crippen LogP contribution >= 0.6 is 0 Å². The Hall–Kier alpha value is -0.331. The van der Waals surface area contributed by atoms with E-state index in [0.29, 0.717) is 0 Å². The molecule has 44 valence electrons. The number of rotatable bonds is 0. The zero-order chi connectivity index (χ0) is 5.11. The predicted octanol–water partition coefficient (Wildman–Crippen LogP) is 1.39. The number of hydrogen-bond donors (Lipinski definition) is 0. The molecule has 0 amide bonds. The van der Waals surface area contributed by atoms with Gasteiger partial charge in [-0.25, -0.2) is 0 Å². The molecule has 2 heteroatoms. The van der Waals surface area contributed by atoms with E-state index in [9.17, 15) is 0 Å². The van der Waals surface area contributed by atoms with E-state index in [1.54, 1.807) is 6.20 Å². The van der Waals surface area contributed by atoms with E-state index in [1.807, 2.05) is 25.1 Å². The molecule has 0 fully saturated rings. The smallest absolute Gasteiger partial charge is 0.0372 e. The van der Waals surface area contributed by atoms with Crippen LogP contribution in [0.15, 0.2) is 24.4 Å². The number of aromatic nitrogens is 1. The van der Waals surface area contributed by atoms with Crippen LogP contribution in [-0.2, 0) is 17.1 Å². The Bertz CT molecular complexity index is 138. The Morgan fingerprint density at radius 3 is 2.38 bits per heavy atom. The van der Waals surface area contributed by atoms with Crippen LogP contribution in [-0.4, -0.2) is 4.98 Å². The maximum atomic E-state index is 3.98. The Balaban J connectivity index is 0.000000490. The van der Waals surface area contributed by atoms with E-state index >= 15 is 0 Å². The summed E-state index contributed by atoms with van der Waals surface area (Å²) in [5, 5.41) is 0. The summed E-state index contributed by atoms with van der Waals surface area (Å²) in [7, 11) is 0. The average Bonchev–Trinajstić information content (AvgIpc) is 1.69. The first-order valence-electron chi connectivity index (χ1n) is 2.27. The first-order valence-corrected chi connectivity index (χ1v) is 2.27. The fraction of sp³-hybridized carbons (Fsp3) is 0.167. The number of pyridine rings is 1. The molecule has 0 aliphatic rings. The van der Waals surface area contributed by atoms with E-state index in [0.717, 1.165) is 5.69 Å². The maximum Gasteiger partial charge on any atom is 0.0372 e. The third-order valence-corrected chi connectivity index (χ3v) is 0.813. The molecule has 0 N–H and O–H groups in total. The molecule has 1 aromatic rings. The van der Waals surface area contributed by atoms with Crippen molar-refractivity contribution in [3.05, 3.63) is 30.1 Å². The monoisotopic (exact) mass is 149 g/mol. The van der Waals surface area contributed by atoms with Crippen LogP contribution in [0.1, 0.15) is 5.69 Å². The minimum absolute atomic E-state index is 0. The van der Waals surface area contributed by atoms with Crippen LogP contribution < -0.4 is 0 Å². The van der Waals surface area contributed by atoms with Gasteiger partial charge in [0, 0.05) is 29.0 Å². The third kappa shape index (κ3) is 2.10. The zero-order valence-corrected chi connectivity index (χ0v) is 5.71. The molecule has 0 saturated carbocycles. The minimum atomic E-state index is 0. The molecule has 8 heavy (non-hydrogen) atoms. The van der Waals surface area contributed by atoms with Gasteiger partial charge in [0.2, 0.25) is 0 Å². The molecule has 0 spiro atoms. The van der Waals surface area contributed by atoms with Crippen molar-refractivity contribution in [3.63, 3.8) is 0 Å². The molecule has 0 aliphatic heterocycles. The van der Waals surface area contributed by atoms with E-state index in [4.69, 9.17) is 0 Å². The van der Waals surface area contributed by atoms with Crippen molar-refractivity contribution in [1.29, 1.82) is 0 Å². The van der Waals surface area contributed by atoms with Gasteiger partial charge >= 0.3 is 0 Å². The molecular formula is C6H7FeN. The van der Waals surface area contributed by atoms with Gasteiger partial charge in [0.05, 0.1) is 0 Å². The largest absolute Gasteiger partial charge is 0.262 e. The SMILES string of the molecule is Cc1ccccn1.[Fe]. The molecule has 1 nitrogen and oxygen atoms in total. The average molecular weight is 149 g/mol. The van der Waals surface area contributed by atoms with Crippen LogP contribution in [0.4, 0.5) is 0 Å². The van der Waals surface area contributed by atoms with Crippen molar-refractivity contribution in [2.75, 3.05) is 0 Å². The van der Waals surface area contributed by atoms with Gasteiger partial charge in [-0.05, 0) is 19.1 Å². The van der Waals surface area contributed by atoms with Crippen molar-refractivity contribution in [3.8, 4) is 0 Å². The minimum Gasteiger partial charge on any atom is -0.262 e. The fourth-order valence-corrected chi connectivity index (χ4v) is 0.448. The molecule has 0 radical (unpaired) electrons. The van der Waals surface area contributed by atoms with Crippen LogP contribution in [0.3, 0.4) is 0 Å². The van der Waals surface area contributed by atoms with Crippen molar-refractivity contribution in [1.82, 2.24) is 4.98 Å². The fourth-order valence-electron chi connectivity index (χ4n) is 0.448. The van der Waals surface area contributed by atoms with E-state index in [2.05, 4.69) is 4.98 Å². The summed E-state index contributed by atoms with van der Waals surface area (Å²) in [6.45, 7) is 1.97. The second-order valence-corrected chi connectivity index (χ2v) is 1.47. The van der Waals surface area contributed by atoms with Crippen molar-refractivity contribution < 1.29 is 17.1 Å². The molecule has 0 saturated heterocycles. The number of hydrogen-bond acceptors (Lipinski definition) is 1. The molecule has 0 atom stereocenters. The number of aryl methyl sites for hydroxylation is 1. The molecule has 1 rings (SSSR count). The summed E-state index contributed by atoms with van der Waals surface area (Å²) < 4.78 is 0. The topological polar surface area (TPSA) is 12.9 Å². The van der Waals surface area contributed by atoms with Gasteiger partial charge in [-0.3, -0.25) is 4.98 Å². The second kappa shape index (κ2) is 3.64. The molecule has 0 aliphatic carbocycles. The number of nitrogens with zero attached hydrogens (tertiary/aromatic N) is 1. The molecule has 0 unspecified atom stereocenters. The molecule has 1 heterocycles. The summed E-state index contributed by atoms with van der Waals surface area (Å²) in [6.07, 6.45) is 1.79. The van der Waals surface area contributed by atoms with Gasteiger partial charge in [-0.1, -0.05) is 6.07 Å². The van der Waals surface area contributed by atoms with E-state index in [-0.39, 0.29) is 17.1 Å². The van der Waals surface area contributed by atoms with Crippen molar-refractivity contribution >= 4 is 0 Å². The van der Waals surface area contributed by atoms with Gasteiger partial charge in [0.1, 0.15) is 0 Å². The van der Waals surface area contributed by atoms with Crippen LogP contribution in [0.2, 0.25) is 0 Å². The normalized spacial score (nSPS) is 7.62. The summed E-state index contributed by atoms with van der Waals surface area (Å²) in [5.41, 5.74) is 1.07. The third-order valence-electron chi connectivity index (χ3n) is 0.813. The van der Waals surface area contributed by atoms with Crippen LogP contribution in [0, 0.1) is 6.92 Å². The van der Waals surface area contributed by atoms with E-state index < -0.39 is 0 Å². The Labute approximate surface area is 59.6 Å². The summed E-state index contributed by atoms with van der Waals surface area (Å²) in [4.78, 5) is 3.98. The van der Waals surface area contributed by atoms with Crippen molar-refractivity contribution in [2.45, 2.75) is 6.92 Å². The molecular weight excluding hydrogens is 142 g/mol. The summed E-state index contributed by atoms with van der Waals surface area (Å²) in [6, 6.07) is 5.86. The Morgan fingerprint density at radius 2 is 2.12 bits per heavy atom. The van der Waals surface area contributed by atoms with Gasteiger partial charge in [0.25, 0.3) is 0 Å². The molecule has 0 aromatic carbocycles. The zero-order valence-electron chi connectivity index (χ0n) is 4.61. The van der Waals surface area contributed by atoms with Gasteiger partial charge < -0.3 is 0 Å². The summed E-state index contributed by atoms with van der Waals surface area (Å²) in [5.74, 6) is 0. The van der Waals surface area contributed by atoms with Crippen LogP contribution in [0.5, 0.6) is 0 Å². The van der Waals surface area contributed by atoms with Gasteiger partial charge in [0.15, 0.2) is 0 Å². The Kier molecular flexibility index (Phi) is 3.49. The van der Waals surface area contributed by atoms with Gasteiger partial charge in [-0.15, -0.1) is 0 Å². The molecule has 1 aromatic heterocycles. The van der Waals surface area contributed by atoms with Crippen LogP contribution in [0.25, 0.3) is 0 Å². The summed E-state index contributed by atoms with van der Waals surface area (Å²) >= 11 is 0.